The van der Waals surface area contributed by atoms with Gasteiger partial charge in [0, 0.05) is 5.69 Å². The Kier molecular flexibility index (Phi) is 7.31. The molecule has 0 fully saturated rings. The number of amides is 1. The summed E-state index contributed by atoms with van der Waals surface area (Å²) in [6, 6.07) is 10.1. The number of halogens is 1. The molecule has 0 aliphatic rings. The van der Waals surface area contributed by atoms with Gasteiger partial charge in [0.1, 0.15) is 11.6 Å². The smallest absolute Gasteiger partial charge is 0.270 e. The predicted molar refractivity (Wildman–Crippen MR) is 118 cm³/mol. The Morgan fingerprint density at radius 3 is 2.56 bits per heavy atom. The first-order chi connectivity index (χ1) is 15.2. The van der Waals surface area contributed by atoms with Crippen molar-refractivity contribution in [3.63, 3.8) is 0 Å². The Morgan fingerprint density at radius 2 is 1.94 bits per heavy atom. The number of nitrogens with zero attached hydrogens (tertiary/aromatic N) is 1. The molecule has 0 unspecified atom stereocenters. The molecule has 0 saturated carbocycles. The van der Waals surface area contributed by atoms with Crippen LogP contribution in [0.25, 0.3) is 0 Å². The number of carbonyl (C=O) groups is 1. The highest BCUT2D eigenvalue weighted by Crippen LogP contribution is 2.21. The van der Waals surface area contributed by atoms with Gasteiger partial charge in [-0.3, -0.25) is 9.59 Å². The number of rotatable bonds is 8. The second kappa shape index (κ2) is 9.96. The van der Waals surface area contributed by atoms with E-state index < -0.39 is 26.1 Å². The number of hydrogen-bond donors (Lipinski definition) is 2. The van der Waals surface area contributed by atoms with Gasteiger partial charge in [0.2, 0.25) is 15.7 Å². The van der Waals surface area contributed by atoms with Crippen LogP contribution in [0.1, 0.15) is 12.5 Å². The van der Waals surface area contributed by atoms with Crippen molar-refractivity contribution in [2.24, 2.45) is 0 Å². The maximum atomic E-state index is 13.4. The lowest BCUT2D eigenvalue weighted by molar-refractivity contribution is -0.113. The largest absolute Gasteiger partial charge is 0.494 e. The standard InChI is InChI=1S/C21H20FN3O5S2/c1-3-30-15-6-4-14(5-7-15)24-19(26)12-31-21-23-11-18(20(27)25-21)32(28,29)16-8-9-17(22)13(2)10-16/h4-11H,3,12H2,1-2H3,(H,24,26)(H,23,25,27). The summed E-state index contributed by atoms with van der Waals surface area (Å²) in [7, 11) is -4.18. The van der Waals surface area contributed by atoms with E-state index in [9.17, 15) is 22.4 Å². The number of ether oxygens (including phenoxy) is 1. The van der Waals surface area contributed by atoms with Crippen LogP contribution < -0.4 is 15.6 Å². The molecule has 0 saturated heterocycles. The summed E-state index contributed by atoms with van der Waals surface area (Å²) in [5.74, 6) is -0.251. The molecule has 1 heterocycles. The third kappa shape index (κ3) is 5.54. The molecular formula is C21H20FN3O5S2. The van der Waals surface area contributed by atoms with Gasteiger partial charge in [-0.15, -0.1) is 0 Å². The van der Waals surface area contributed by atoms with E-state index in [2.05, 4.69) is 15.3 Å². The zero-order valence-electron chi connectivity index (χ0n) is 17.2. The van der Waals surface area contributed by atoms with Crippen LogP contribution in [0.2, 0.25) is 0 Å². The van der Waals surface area contributed by atoms with Crippen LogP contribution in [-0.2, 0) is 14.6 Å². The number of anilines is 1. The number of H-pyrrole nitrogens is 1. The third-order valence-corrected chi connectivity index (χ3v) is 6.89. The van der Waals surface area contributed by atoms with Gasteiger partial charge >= 0.3 is 0 Å². The number of thioether (sulfide) groups is 1. The van der Waals surface area contributed by atoms with Gasteiger partial charge in [-0.1, -0.05) is 11.8 Å². The van der Waals surface area contributed by atoms with Gasteiger partial charge in [0.25, 0.3) is 5.56 Å². The zero-order chi connectivity index (χ0) is 23.3. The molecule has 0 atom stereocenters. The summed E-state index contributed by atoms with van der Waals surface area (Å²) in [6.07, 6.45) is 0.930. The lowest BCUT2D eigenvalue weighted by atomic mass is 10.2. The Bertz CT molecular complexity index is 1290. The number of aromatic amines is 1. The summed E-state index contributed by atoms with van der Waals surface area (Å²) in [4.78, 5) is 30.0. The summed E-state index contributed by atoms with van der Waals surface area (Å²) < 4.78 is 44.2. The number of aromatic nitrogens is 2. The van der Waals surface area contributed by atoms with Crippen LogP contribution in [0.3, 0.4) is 0 Å². The van der Waals surface area contributed by atoms with Gasteiger partial charge in [0.05, 0.1) is 23.5 Å². The molecule has 8 nitrogen and oxygen atoms in total. The number of hydrogen-bond acceptors (Lipinski definition) is 7. The summed E-state index contributed by atoms with van der Waals surface area (Å²) >= 11 is 0.945. The number of carbonyl (C=O) groups excluding carboxylic acids is 1. The summed E-state index contributed by atoms with van der Waals surface area (Å²) in [5, 5.41) is 2.79. The van der Waals surface area contributed by atoms with Crippen LogP contribution >= 0.6 is 11.8 Å². The van der Waals surface area contributed by atoms with E-state index >= 15 is 0 Å². The first kappa shape index (κ1) is 23.5. The monoisotopic (exact) mass is 477 g/mol. The minimum Gasteiger partial charge on any atom is -0.494 e. The number of sulfone groups is 1. The topological polar surface area (TPSA) is 118 Å². The Labute approximate surface area is 188 Å². The van der Waals surface area contributed by atoms with Crippen molar-refractivity contribution < 1.29 is 22.3 Å². The van der Waals surface area contributed by atoms with Crippen molar-refractivity contribution in [2.75, 3.05) is 17.7 Å². The molecule has 0 radical (unpaired) electrons. The Balaban J connectivity index is 1.66. The normalized spacial score (nSPS) is 11.2. The Morgan fingerprint density at radius 1 is 1.22 bits per heavy atom. The SMILES string of the molecule is CCOc1ccc(NC(=O)CSc2ncc(S(=O)(=O)c3ccc(F)c(C)c3)c(=O)[nH]2)cc1. The van der Waals surface area contributed by atoms with Crippen molar-refractivity contribution >= 4 is 33.2 Å². The molecule has 32 heavy (non-hydrogen) atoms. The fourth-order valence-electron chi connectivity index (χ4n) is 2.68. The lowest BCUT2D eigenvalue weighted by Gasteiger charge is -2.08. The average Bonchev–Trinajstić information content (AvgIpc) is 2.75. The highest BCUT2D eigenvalue weighted by atomic mass is 32.2. The molecule has 3 aromatic rings. The van der Waals surface area contributed by atoms with Crippen molar-refractivity contribution in [3.8, 4) is 5.75 Å². The van der Waals surface area contributed by atoms with Crippen LogP contribution in [0, 0.1) is 12.7 Å². The van der Waals surface area contributed by atoms with Crippen LogP contribution in [0.4, 0.5) is 10.1 Å². The molecular weight excluding hydrogens is 457 g/mol. The molecule has 1 amide bonds. The average molecular weight is 478 g/mol. The fourth-order valence-corrected chi connectivity index (χ4v) is 4.63. The molecule has 0 spiro atoms. The van der Waals surface area contributed by atoms with E-state index in [4.69, 9.17) is 4.74 Å². The van der Waals surface area contributed by atoms with Gasteiger partial charge in [0.15, 0.2) is 10.1 Å². The second-order valence-corrected chi connectivity index (χ2v) is 9.47. The van der Waals surface area contributed by atoms with E-state index in [1.165, 1.54) is 6.92 Å². The van der Waals surface area contributed by atoms with Gasteiger partial charge in [-0.05, 0) is 61.9 Å². The van der Waals surface area contributed by atoms with E-state index in [-0.39, 0.29) is 27.3 Å². The maximum Gasteiger partial charge on any atom is 0.270 e. The second-order valence-electron chi connectivity index (χ2n) is 6.59. The van der Waals surface area contributed by atoms with Crippen molar-refractivity contribution in [2.45, 2.75) is 28.8 Å². The predicted octanol–water partition coefficient (Wildman–Crippen LogP) is 3.18. The van der Waals surface area contributed by atoms with Crippen molar-refractivity contribution in [1.82, 2.24) is 9.97 Å². The molecule has 0 aliphatic heterocycles. The van der Waals surface area contributed by atoms with Crippen LogP contribution in [0.5, 0.6) is 5.75 Å². The van der Waals surface area contributed by atoms with E-state index in [1.807, 2.05) is 6.92 Å². The lowest BCUT2D eigenvalue weighted by Crippen LogP contribution is -2.20. The Hall–Kier alpha value is -3.18. The molecule has 0 aliphatic carbocycles. The zero-order valence-corrected chi connectivity index (χ0v) is 18.8. The first-order valence-corrected chi connectivity index (χ1v) is 11.9. The molecule has 2 aromatic carbocycles. The van der Waals surface area contributed by atoms with E-state index in [0.717, 1.165) is 36.2 Å². The molecule has 3 rings (SSSR count). The van der Waals surface area contributed by atoms with E-state index in [0.29, 0.717) is 18.0 Å². The van der Waals surface area contributed by atoms with Crippen LogP contribution in [0.15, 0.2) is 68.4 Å². The minimum absolute atomic E-state index is 0.0561. The van der Waals surface area contributed by atoms with Gasteiger partial charge in [-0.2, -0.15) is 0 Å². The maximum absolute atomic E-state index is 13.4. The van der Waals surface area contributed by atoms with E-state index in [1.54, 1.807) is 24.3 Å². The molecule has 168 valence electrons. The first-order valence-electron chi connectivity index (χ1n) is 9.46. The number of benzene rings is 2. The summed E-state index contributed by atoms with van der Waals surface area (Å²) in [6.45, 7) is 3.84. The quantitative estimate of drug-likeness (QED) is 0.291. The van der Waals surface area contributed by atoms with Crippen LogP contribution in [-0.4, -0.2) is 36.7 Å². The highest BCUT2D eigenvalue weighted by Gasteiger charge is 2.23. The third-order valence-electron chi connectivity index (χ3n) is 4.26. The minimum atomic E-state index is -4.18. The molecule has 2 N–H and O–H groups in total. The molecule has 11 heteroatoms. The molecule has 0 bridgehead atoms. The molecule has 1 aromatic heterocycles. The number of nitrogens with one attached hydrogen (secondary N) is 2. The van der Waals surface area contributed by atoms with Crippen molar-refractivity contribution in [3.05, 3.63) is 70.4 Å². The van der Waals surface area contributed by atoms with Crippen molar-refractivity contribution in [1.29, 1.82) is 0 Å². The fraction of sp³-hybridized carbons (Fsp3) is 0.190. The highest BCUT2D eigenvalue weighted by molar-refractivity contribution is 7.99. The number of aryl methyl sites for hydroxylation is 1. The van der Waals surface area contributed by atoms with Gasteiger partial charge in [-0.25, -0.2) is 17.8 Å². The van der Waals surface area contributed by atoms with Gasteiger partial charge < -0.3 is 15.0 Å². The summed E-state index contributed by atoms with van der Waals surface area (Å²) in [5.41, 5.74) is -0.158.